The fraction of sp³-hybridized carbons (Fsp3) is 0.474. The molecule has 3 aliphatic rings. The summed E-state index contributed by atoms with van der Waals surface area (Å²) < 4.78 is 5.89. The molecule has 2 amide bonds. The Balaban J connectivity index is 1.36. The summed E-state index contributed by atoms with van der Waals surface area (Å²) in [7, 11) is 0. The van der Waals surface area contributed by atoms with Crippen LogP contribution in [-0.4, -0.2) is 48.0 Å². The minimum atomic E-state index is -0.0605. The van der Waals surface area contributed by atoms with Gasteiger partial charge in [-0.25, -0.2) is 0 Å². The van der Waals surface area contributed by atoms with Crippen LogP contribution in [0.4, 0.5) is 5.88 Å². The fourth-order valence-electron chi connectivity index (χ4n) is 4.28. The largest absolute Gasteiger partial charge is 0.440 e. The van der Waals surface area contributed by atoms with E-state index in [4.69, 9.17) is 4.42 Å². The van der Waals surface area contributed by atoms with E-state index in [1.807, 2.05) is 18.2 Å². The molecule has 3 aliphatic heterocycles. The number of rotatable bonds is 3. The molecular weight excluding hydrogens is 350 g/mol. The van der Waals surface area contributed by atoms with E-state index < -0.39 is 0 Å². The third-order valence-corrected chi connectivity index (χ3v) is 6.56. The number of nitrogens with one attached hydrogen (secondary N) is 2. The summed E-state index contributed by atoms with van der Waals surface area (Å²) in [5.41, 5.74) is 1.24. The molecule has 3 atom stereocenters. The predicted octanol–water partition coefficient (Wildman–Crippen LogP) is 2.14. The number of carbonyl (C=O) groups excluding carboxylic acids is 2. The minimum absolute atomic E-state index is 0.0605. The summed E-state index contributed by atoms with van der Waals surface area (Å²) in [5.74, 6) is 1.98. The van der Waals surface area contributed by atoms with Gasteiger partial charge in [0.2, 0.25) is 11.8 Å². The Hall–Kier alpha value is -1.99. The lowest BCUT2D eigenvalue weighted by Crippen LogP contribution is -2.42. The maximum absolute atomic E-state index is 12.6. The number of benzene rings is 1. The van der Waals surface area contributed by atoms with E-state index in [1.165, 1.54) is 6.42 Å². The number of anilines is 1. The number of amides is 2. The van der Waals surface area contributed by atoms with Gasteiger partial charge in [0.15, 0.2) is 0 Å². The highest BCUT2D eigenvalue weighted by Crippen LogP contribution is 2.30. The van der Waals surface area contributed by atoms with E-state index in [9.17, 15) is 9.59 Å². The van der Waals surface area contributed by atoms with Gasteiger partial charge in [-0.2, -0.15) is 11.8 Å². The quantitative estimate of drug-likeness (QED) is 0.865. The molecular formula is C19H21N3O3S. The molecule has 2 N–H and O–H groups in total. The molecule has 5 rings (SSSR count). The molecule has 0 saturated carbocycles. The summed E-state index contributed by atoms with van der Waals surface area (Å²) in [5, 5.41) is 7.60. The summed E-state index contributed by atoms with van der Waals surface area (Å²) in [4.78, 5) is 26.4. The van der Waals surface area contributed by atoms with Crippen molar-refractivity contribution in [2.45, 2.75) is 37.4 Å². The molecule has 3 saturated heterocycles. The van der Waals surface area contributed by atoms with Gasteiger partial charge in [-0.1, -0.05) is 6.07 Å². The number of hydrogen-bond acceptors (Lipinski definition) is 5. The van der Waals surface area contributed by atoms with Crippen LogP contribution in [0.1, 0.15) is 29.6 Å². The van der Waals surface area contributed by atoms with E-state index in [2.05, 4.69) is 10.6 Å². The van der Waals surface area contributed by atoms with E-state index >= 15 is 0 Å². The zero-order valence-corrected chi connectivity index (χ0v) is 15.2. The Labute approximate surface area is 155 Å². The number of nitrogens with zero attached hydrogens (tertiary/aromatic N) is 1. The third kappa shape index (κ3) is 2.79. The molecule has 26 heavy (non-hydrogen) atoms. The van der Waals surface area contributed by atoms with Crippen LogP contribution in [0, 0.1) is 0 Å². The number of fused-ring (bicyclic) bond motifs is 3. The van der Waals surface area contributed by atoms with Crippen LogP contribution in [0.25, 0.3) is 11.0 Å². The molecule has 136 valence electrons. The second kappa shape index (κ2) is 6.32. The standard InChI is InChI=1S/C19H21N3O3S/c23-17-10-26-6-5-22(17)18-8-11-1-2-12(7-16(11)25-18)19(24)21-15-9-13-3-4-14(15)20-13/h1-2,7-8,13-15,20H,3-6,9-10H2,(H,21,24)/t13-,14+,15-/m1/s1. The van der Waals surface area contributed by atoms with Crippen molar-refractivity contribution in [1.29, 1.82) is 0 Å². The highest BCUT2D eigenvalue weighted by atomic mass is 32.2. The van der Waals surface area contributed by atoms with Crippen molar-refractivity contribution in [2.24, 2.45) is 0 Å². The van der Waals surface area contributed by atoms with Crippen LogP contribution < -0.4 is 15.5 Å². The highest BCUT2D eigenvalue weighted by Gasteiger charge is 2.39. The van der Waals surface area contributed by atoms with E-state index in [0.29, 0.717) is 41.4 Å². The Morgan fingerprint density at radius 3 is 3.00 bits per heavy atom. The first-order valence-corrected chi connectivity index (χ1v) is 10.3. The highest BCUT2D eigenvalue weighted by molar-refractivity contribution is 8.00. The lowest BCUT2D eigenvalue weighted by molar-refractivity contribution is -0.116. The lowest BCUT2D eigenvalue weighted by atomic mass is 9.95. The number of thioether (sulfide) groups is 1. The SMILES string of the molecule is O=C(N[C@@H]1C[C@H]2CC[C@@H]1N2)c1ccc2cc(N3CCSCC3=O)oc2c1. The first-order chi connectivity index (χ1) is 12.7. The first-order valence-electron chi connectivity index (χ1n) is 9.16. The number of hydrogen-bond donors (Lipinski definition) is 2. The second-order valence-electron chi connectivity index (χ2n) is 7.30. The first kappa shape index (κ1) is 16.2. The zero-order valence-electron chi connectivity index (χ0n) is 14.4. The van der Waals surface area contributed by atoms with E-state index in [1.54, 1.807) is 22.7 Å². The van der Waals surface area contributed by atoms with Gasteiger partial charge in [0, 0.05) is 47.4 Å². The Bertz CT molecular complexity index is 880. The van der Waals surface area contributed by atoms with Gasteiger partial charge in [-0.3, -0.25) is 14.5 Å². The summed E-state index contributed by atoms with van der Waals surface area (Å²) in [6.07, 6.45) is 3.36. The summed E-state index contributed by atoms with van der Waals surface area (Å²) in [6.45, 7) is 0.661. The fourth-order valence-corrected chi connectivity index (χ4v) is 5.06. The van der Waals surface area contributed by atoms with Gasteiger partial charge in [-0.15, -0.1) is 0 Å². The Morgan fingerprint density at radius 2 is 2.23 bits per heavy atom. The van der Waals surface area contributed by atoms with E-state index in [-0.39, 0.29) is 17.9 Å². The molecule has 3 fully saturated rings. The molecule has 0 unspecified atom stereocenters. The maximum atomic E-state index is 12.6. The van der Waals surface area contributed by atoms with E-state index in [0.717, 1.165) is 24.0 Å². The van der Waals surface area contributed by atoms with Crippen LogP contribution in [0.3, 0.4) is 0 Å². The van der Waals surface area contributed by atoms with Crippen LogP contribution in [0.2, 0.25) is 0 Å². The van der Waals surface area contributed by atoms with Crippen molar-refractivity contribution in [2.75, 3.05) is 23.0 Å². The lowest BCUT2D eigenvalue weighted by Gasteiger charge is -2.23. The van der Waals surface area contributed by atoms with Gasteiger partial charge in [0.1, 0.15) is 5.58 Å². The van der Waals surface area contributed by atoms with Crippen LogP contribution in [-0.2, 0) is 4.79 Å². The monoisotopic (exact) mass is 371 g/mol. The van der Waals surface area contributed by atoms with Crippen molar-refractivity contribution >= 4 is 40.4 Å². The van der Waals surface area contributed by atoms with Gasteiger partial charge in [-0.05, 0) is 31.4 Å². The Kier molecular flexibility index (Phi) is 3.94. The molecule has 0 radical (unpaired) electrons. The van der Waals surface area contributed by atoms with Crippen LogP contribution in [0.15, 0.2) is 28.7 Å². The molecule has 2 aromatic rings. The molecule has 0 spiro atoms. The zero-order chi connectivity index (χ0) is 17.7. The molecule has 4 heterocycles. The average Bonchev–Trinajstić information content (AvgIpc) is 3.36. The molecule has 7 heteroatoms. The van der Waals surface area contributed by atoms with Crippen molar-refractivity contribution in [1.82, 2.24) is 10.6 Å². The van der Waals surface area contributed by atoms with Crippen molar-refractivity contribution < 1.29 is 14.0 Å². The van der Waals surface area contributed by atoms with Crippen molar-refractivity contribution in [3.63, 3.8) is 0 Å². The third-order valence-electron chi connectivity index (χ3n) is 5.64. The summed E-state index contributed by atoms with van der Waals surface area (Å²) >= 11 is 1.64. The van der Waals surface area contributed by atoms with Gasteiger partial charge in [0.05, 0.1) is 5.75 Å². The second-order valence-corrected chi connectivity index (χ2v) is 8.40. The normalized spacial score (nSPS) is 28.1. The van der Waals surface area contributed by atoms with Gasteiger partial charge < -0.3 is 15.1 Å². The summed E-state index contributed by atoms with van der Waals surface area (Å²) in [6, 6.07) is 8.55. The van der Waals surface area contributed by atoms with Gasteiger partial charge in [0.25, 0.3) is 5.91 Å². The van der Waals surface area contributed by atoms with Crippen LogP contribution >= 0.6 is 11.8 Å². The molecule has 2 bridgehead atoms. The van der Waals surface area contributed by atoms with Crippen molar-refractivity contribution in [3.05, 3.63) is 29.8 Å². The smallest absolute Gasteiger partial charge is 0.251 e. The predicted molar refractivity (Wildman–Crippen MR) is 102 cm³/mol. The van der Waals surface area contributed by atoms with Crippen LogP contribution in [0.5, 0.6) is 0 Å². The Morgan fingerprint density at radius 1 is 1.31 bits per heavy atom. The minimum Gasteiger partial charge on any atom is -0.440 e. The molecule has 0 aliphatic carbocycles. The average molecular weight is 371 g/mol. The molecule has 1 aromatic carbocycles. The topological polar surface area (TPSA) is 74.6 Å². The number of carbonyl (C=O) groups is 2. The van der Waals surface area contributed by atoms with Gasteiger partial charge >= 0.3 is 0 Å². The molecule has 1 aromatic heterocycles. The maximum Gasteiger partial charge on any atom is 0.251 e. The number of furan rings is 1. The molecule has 6 nitrogen and oxygen atoms in total. The van der Waals surface area contributed by atoms with Crippen molar-refractivity contribution in [3.8, 4) is 0 Å².